The molecule has 1 atom stereocenters. The van der Waals surface area contributed by atoms with E-state index in [0.717, 1.165) is 16.6 Å². The Balaban J connectivity index is 2.16. The van der Waals surface area contributed by atoms with E-state index in [9.17, 15) is 0 Å². The molecule has 0 aromatic carbocycles. The van der Waals surface area contributed by atoms with Gasteiger partial charge in [0, 0.05) is 23.1 Å². The van der Waals surface area contributed by atoms with E-state index in [4.69, 9.17) is 0 Å². The van der Waals surface area contributed by atoms with Crippen molar-refractivity contribution in [1.29, 1.82) is 0 Å². The Kier molecular flexibility index (Phi) is 4.23. The number of rotatable bonds is 4. The molecule has 4 heteroatoms. The zero-order chi connectivity index (χ0) is 12.1. The Morgan fingerprint density at radius 2 is 2.24 bits per heavy atom. The maximum atomic E-state index is 4.37. The van der Waals surface area contributed by atoms with Crippen LogP contribution in [0.4, 0.5) is 0 Å². The van der Waals surface area contributed by atoms with Gasteiger partial charge in [0.05, 0.1) is 11.7 Å². The molecule has 2 aromatic heterocycles. The van der Waals surface area contributed by atoms with Crippen molar-refractivity contribution in [3.05, 3.63) is 58.6 Å². The van der Waals surface area contributed by atoms with E-state index in [1.807, 2.05) is 37.6 Å². The third-order valence-electron chi connectivity index (χ3n) is 2.59. The van der Waals surface area contributed by atoms with Gasteiger partial charge in [-0.3, -0.25) is 9.97 Å². The highest BCUT2D eigenvalue weighted by Gasteiger charge is 2.11. The first-order valence-corrected chi connectivity index (χ1v) is 6.26. The molecule has 2 aromatic rings. The molecule has 2 rings (SSSR count). The van der Waals surface area contributed by atoms with Gasteiger partial charge in [0.15, 0.2) is 0 Å². The van der Waals surface area contributed by atoms with Crippen LogP contribution >= 0.6 is 15.9 Å². The predicted octanol–water partition coefficient (Wildman–Crippen LogP) is 2.74. The number of aromatic nitrogens is 2. The van der Waals surface area contributed by atoms with E-state index in [1.54, 1.807) is 6.20 Å². The van der Waals surface area contributed by atoms with Crippen LogP contribution in [0.25, 0.3) is 0 Å². The van der Waals surface area contributed by atoms with Gasteiger partial charge in [-0.15, -0.1) is 0 Å². The largest absolute Gasteiger partial charge is 0.311 e. The molecule has 0 saturated carbocycles. The fourth-order valence-corrected chi connectivity index (χ4v) is 2.15. The minimum Gasteiger partial charge on any atom is -0.311 e. The molecule has 3 nitrogen and oxygen atoms in total. The highest BCUT2D eigenvalue weighted by atomic mass is 79.9. The van der Waals surface area contributed by atoms with Crippen LogP contribution in [-0.2, 0) is 6.42 Å². The Hall–Kier alpha value is -1.26. The third-order valence-corrected chi connectivity index (χ3v) is 3.03. The number of nitrogens with zero attached hydrogens (tertiary/aromatic N) is 2. The Labute approximate surface area is 109 Å². The van der Waals surface area contributed by atoms with Crippen LogP contribution in [0, 0.1) is 0 Å². The molecule has 88 valence electrons. The monoisotopic (exact) mass is 291 g/mol. The Morgan fingerprint density at radius 3 is 2.88 bits per heavy atom. The summed E-state index contributed by atoms with van der Waals surface area (Å²) in [7, 11) is 1.95. The number of hydrogen-bond acceptors (Lipinski definition) is 3. The number of halogens is 1. The smallest absolute Gasteiger partial charge is 0.0576 e. The second kappa shape index (κ2) is 5.89. The van der Waals surface area contributed by atoms with Gasteiger partial charge in [-0.05, 0) is 53.2 Å². The van der Waals surface area contributed by atoms with Crippen LogP contribution in [0.5, 0.6) is 0 Å². The van der Waals surface area contributed by atoms with Gasteiger partial charge >= 0.3 is 0 Å². The fraction of sp³-hybridized carbons (Fsp3) is 0.231. The highest BCUT2D eigenvalue weighted by molar-refractivity contribution is 9.10. The van der Waals surface area contributed by atoms with Crippen molar-refractivity contribution in [3.63, 3.8) is 0 Å². The van der Waals surface area contributed by atoms with E-state index < -0.39 is 0 Å². The maximum absolute atomic E-state index is 4.37. The SMILES string of the molecule is CNC(Cc1cncc(Br)c1)c1ccccn1. The Bertz CT molecular complexity index is 473. The lowest BCUT2D eigenvalue weighted by Crippen LogP contribution is -2.19. The zero-order valence-electron chi connectivity index (χ0n) is 9.60. The van der Waals surface area contributed by atoms with Crippen LogP contribution in [0.1, 0.15) is 17.3 Å². The molecular formula is C13H14BrN3. The molecule has 0 bridgehead atoms. The van der Waals surface area contributed by atoms with Gasteiger partial charge in [-0.1, -0.05) is 6.07 Å². The van der Waals surface area contributed by atoms with Crippen molar-refractivity contribution >= 4 is 15.9 Å². The van der Waals surface area contributed by atoms with Crippen LogP contribution in [-0.4, -0.2) is 17.0 Å². The summed E-state index contributed by atoms with van der Waals surface area (Å²) in [5.41, 5.74) is 2.24. The lowest BCUT2D eigenvalue weighted by molar-refractivity contribution is 0.575. The number of nitrogens with one attached hydrogen (secondary N) is 1. The van der Waals surface area contributed by atoms with Crippen molar-refractivity contribution in [2.24, 2.45) is 0 Å². The quantitative estimate of drug-likeness (QED) is 0.941. The van der Waals surface area contributed by atoms with Crippen molar-refractivity contribution in [2.45, 2.75) is 12.5 Å². The van der Waals surface area contributed by atoms with E-state index in [2.05, 4.69) is 37.3 Å². The molecule has 0 aliphatic rings. The van der Waals surface area contributed by atoms with Crippen LogP contribution in [0.3, 0.4) is 0 Å². The number of pyridine rings is 2. The molecule has 1 unspecified atom stereocenters. The van der Waals surface area contributed by atoms with Crippen molar-refractivity contribution in [3.8, 4) is 0 Å². The van der Waals surface area contributed by atoms with E-state index in [-0.39, 0.29) is 6.04 Å². The molecule has 0 amide bonds. The summed E-state index contributed by atoms with van der Waals surface area (Å²) in [6.07, 6.45) is 6.37. The maximum Gasteiger partial charge on any atom is 0.0576 e. The van der Waals surface area contributed by atoms with Gasteiger partial charge in [-0.2, -0.15) is 0 Å². The van der Waals surface area contributed by atoms with E-state index in [0.29, 0.717) is 0 Å². The first-order valence-electron chi connectivity index (χ1n) is 5.47. The molecular weight excluding hydrogens is 278 g/mol. The second-order valence-corrected chi connectivity index (χ2v) is 4.73. The van der Waals surface area contributed by atoms with Crippen molar-refractivity contribution < 1.29 is 0 Å². The molecule has 1 N–H and O–H groups in total. The first-order chi connectivity index (χ1) is 8.29. The lowest BCUT2D eigenvalue weighted by Gasteiger charge is -2.15. The second-order valence-electron chi connectivity index (χ2n) is 3.81. The van der Waals surface area contributed by atoms with Crippen LogP contribution < -0.4 is 5.32 Å². The van der Waals surface area contributed by atoms with Crippen molar-refractivity contribution in [1.82, 2.24) is 15.3 Å². The summed E-state index contributed by atoms with van der Waals surface area (Å²) in [6.45, 7) is 0. The molecule has 0 radical (unpaired) electrons. The minimum absolute atomic E-state index is 0.215. The third kappa shape index (κ3) is 3.35. The van der Waals surface area contributed by atoms with Gasteiger partial charge in [0.2, 0.25) is 0 Å². The molecule has 0 saturated heterocycles. The van der Waals surface area contributed by atoms with Crippen molar-refractivity contribution in [2.75, 3.05) is 7.05 Å². The molecule has 2 heterocycles. The summed E-state index contributed by atoms with van der Waals surface area (Å²) in [4.78, 5) is 8.54. The normalized spacial score (nSPS) is 12.4. The zero-order valence-corrected chi connectivity index (χ0v) is 11.2. The average Bonchev–Trinajstić information content (AvgIpc) is 2.37. The summed E-state index contributed by atoms with van der Waals surface area (Å²) in [5, 5.41) is 3.28. The lowest BCUT2D eigenvalue weighted by atomic mass is 10.0. The van der Waals surface area contributed by atoms with E-state index in [1.165, 1.54) is 5.56 Å². The molecule has 0 aliphatic carbocycles. The average molecular weight is 292 g/mol. The van der Waals surface area contributed by atoms with Crippen LogP contribution in [0.2, 0.25) is 0 Å². The van der Waals surface area contributed by atoms with Gasteiger partial charge in [-0.25, -0.2) is 0 Å². The van der Waals surface area contributed by atoms with Crippen LogP contribution in [0.15, 0.2) is 47.3 Å². The molecule has 17 heavy (non-hydrogen) atoms. The summed E-state index contributed by atoms with van der Waals surface area (Å²) in [6, 6.07) is 8.27. The Morgan fingerprint density at radius 1 is 1.35 bits per heavy atom. The van der Waals surface area contributed by atoms with Gasteiger partial charge in [0.25, 0.3) is 0 Å². The minimum atomic E-state index is 0.215. The summed E-state index contributed by atoms with van der Waals surface area (Å²) >= 11 is 3.43. The van der Waals surface area contributed by atoms with E-state index >= 15 is 0 Å². The standard InChI is InChI=1S/C13H14BrN3/c1-15-13(12-4-2-3-5-17-12)7-10-6-11(14)9-16-8-10/h2-6,8-9,13,15H,7H2,1H3. The number of hydrogen-bond donors (Lipinski definition) is 1. The molecule has 0 aliphatic heterocycles. The first kappa shape index (κ1) is 12.2. The molecule has 0 spiro atoms. The molecule has 0 fully saturated rings. The van der Waals surface area contributed by atoms with Gasteiger partial charge in [0.1, 0.15) is 0 Å². The highest BCUT2D eigenvalue weighted by Crippen LogP contribution is 2.17. The topological polar surface area (TPSA) is 37.8 Å². The summed E-state index contributed by atoms with van der Waals surface area (Å²) < 4.78 is 1.01. The fourth-order valence-electron chi connectivity index (χ4n) is 1.74. The predicted molar refractivity (Wildman–Crippen MR) is 71.7 cm³/mol. The summed E-state index contributed by atoms with van der Waals surface area (Å²) in [5.74, 6) is 0. The van der Waals surface area contributed by atoms with Gasteiger partial charge < -0.3 is 5.32 Å². The number of likely N-dealkylation sites (N-methyl/N-ethyl adjacent to an activating group) is 1.